The number of halogens is 2. The lowest BCUT2D eigenvalue weighted by Crippen LogP contribution is -2.16. The summed E-state index contributed by atoms with van der Waals surface area (Å²) in [4.78, 5) is 17.2. The van der Waals surface area contributed by atoms with Gasteiger partial charge in [0.25, 0.3) is 5.91 Å². The van der Waals surface area contributed by atoms with Crippen molar-refractivity contribution in [2.75, 3.05) is 5.32 Å². The Labute approximate surface area is 177 Å². The summed E-state index contributed by atoms with van der Waals surface area (Å²) in [6.07, 6.45) is 4.88. The maximum Gasteiger partial charge on any atom is 0.258 e. The van der Waals surface area contributed by atoms with Gasteiger partial charge in [0, 0.05) is 33.7 Å². The number of hydrogen-bond donors (Lipinski definition) is 1. The summed E-state index contributed by atoms with van der Waals surface area (Å²) in [6.45, 7) is 4.46. The van der Waals surface area contributed by atoms with Gasteiger partial charge < -0.3 is 5.32 Å². The van der Waals surface area contributed by atoms with Crippen LogP contribution in [0.4, 0.5) is 5.82 Å². The van der Waals surface area contributed by atoms with Gasteiger partial charge in [0.05, 0.1) is 24.5 Å². The Balaban J connectivity index is 1.55. The van der Waals surface area contributed by atoms with E-state index in [9.17, 15) is 4.79 Å². The first-order chi connectivity index (χ1) is 13.9. The highest BCUT2D eigenvalue weighted by molar-refractivity contribution is 6.35. The second-order valence-electron chi connectivity index (χ2n) is 6.88. The molecular formula is C20H18Cl2N6O. The maximum absolute atomic E-state index is 12.7. The van der Waals surface area contributed by atoms with Gasteiger partial charge in [-0.15, -0.1) is 0 Å². The zero-order valence-corrected chi connectivity index (χ0v) is 17.3. The summed E-state index contributed by atoms with van der Waals surface area (Å²) in [5.74, 6) is 0.277. The van der Waals surface area contributed by atoms with Crippen LogP contribution >= 0.6 is 23.2 Å². The number of nitrogens with zero attached hydrogens (tertiary/aromatic N) is 5. The van der Waals surface area contributed by atoms with Crippen LogP contribution in [0.15, 0.2) is 48.9 Å². The van der Waals surface area contributed by atoms with Crippen molar-refractivity contribution in [2.24, 2.45) is 0 Å². The van der Waals surface area contributed by atoms with Gasteiger partial charge >= 0.3 is 0 Å². The molecular weight excluding hydrogens is 411 g/mol. The van der Waals surface area contributed by atoms with E-state index in [1.54, 1.807) is 47.5 Å². The van der Waals surface area contributed by atoms with Gasteiger partial charge in [-0.05, 0) is 37.6 Å². The Morgan fingerprint density at radius 2 is 1.97 bits per heavy atom. The van der Waals surface area contributed by atoms with E-state index in [1.165, 1.54) is 0 Å². The Hall–Kier alpha value is -2.90. The van der Waals surface area contributed by atoms with Crippen LogP contribution in [0.25, 0.3) is 11.0 Å². The highest BCUT2D eigenvalue weighted by Gasteiger charge is 2.14. The molecule has 1 N–H and O–H groups in total. The number of aromatic nitrogens is 5. The summed E-state index contributed by atoms with van der Waals surface area (Å²) in [5.41, 5.74) is 2.04. The molecule has 29 heavy (non-hydrogen) atoms. The minimum Gasteiger partial charge on any atom is -0.307 e. The second-order valence-corrected chi connectivity index (χ2v) is 7.73. The van der Waals surface area contributed by atoms with Gasteiger partial charge in [0.15, 0.2) is 5.65 Å². The molecule has 9 heteroatoms. The molecule has 4 aromatic rings. The molecule has 0 atom stereocenters. The minimum atomic E-state index is -0.277. The summed E-state index contributed by atoms with van der Waals surface area (Å²) in [6, 6.07) is 8.97. The number of anilines is 1. The van der Waals surface area contributed by atoms with E-state index in [4.69, 9.17) is 23.2 Å². The van der Waals surface area contributed by atoms with Crippen LogP contribution in [0.2, 0.25) is 10.0 Å². The molecule has 0 radical (unpaired) electrons. The fourth-order valence-electron chi connectivity index (χ4n) is 3.01. The standard InChI is InChI=1S/C20H18Cl2N6O/c1-12(2)28-19-14(10-25-28)7-15(9-23-19)20(29)26-18-5-6-24-27(18)11-13-3-4-16(21)8-17(13)22/h3-10,12H,11H2,1-2H3,(H,26,29). The summed E-state index contributed by atoms with van der Waals surface area (Å²) < 4.78 is 3.48. The lowest BCUT2D eigenvalue weighted by atomic mass is 10.2. The molecule has 0 bridgehead atoms. The van der Waals surface area contributed by atoms with Crippen LogP contribution in [0.1, 0.15) is 35.8 Å². The number of benzene rings is 1. The molecule has 0 aliphatic rings. The average Bonchev–Trinajstić information content (AvgIpc) is 3.30. The van der Waals surface area contributed by atoms with Crippen LogP contribution in [0, 0.1) is 0 Å². The van der Waals surface area contributed by atoms with E-state index >= 15 is 0 Å². The molecule has 3 aromatic heterocycles. The highest BCUT2D eigenvalue weighted by atomic mass is 35.5. The van der Waals surface area contributed by atoms with Crippen LogP contribution in [-0.2, 0) is 6.54 Å². The van der Waals surface area contributed by atoms with Crippen molar-refractivity contribution in [3.8, 4) is 0 Å². The summed E-state index contributed by atoms with van der Waals surface area (Å²) in [5, 5.41) is 13.4. The number of hydrogen-bond acceptors (Lipinski definition) is 4. The van der Waals surface area contributed by atoms with E-state index in [2.05, 4.69) is 20.5 Å². The quantitative estimate of drug-likeness (QED) is 0.494. The molecule has 7 nitrogen and oxygen atoms in total. The van der Waals surface area contributed by atoms with Gasteiger partial charge in [0.1, 0.15) is 5.82 Å². The Kier molecular flexibility index (Phi) is 5.25. The number of amides is 1. The van der Waals surface area contributed by atoms with Crippen LogP contribution in [-0.4, -0.2) is 30.5 Å². The number of rotatable bonds is 5. The Morgan fingerprint density at radius 3 is 2.72 bits per heavy atom. The lowest BCUT2D eigenvalue weighted by Gasteiger charge is -2.11. The number of carbonyl (C=O) groups is 1. The third-order valence-corrected chi connectivity index (χ3v) is 5.06. The largest absolute Gasteiger partial charge is 0.307 e. The summed E-state index contributed by atoms with van der Waals surface area (Å²) >= 11 is 12.2. The molecule has 1 amide bonds. The van der Waals surface area contributed by atoms with Gasteiger partial charge in [-0.25, -0.2) is 14.3 Å². The normalized spacial score (nSPS) is 11.3. The molecule has 1 aromatic carbocycles. The molecule has 0 aliphatic heterocycles. The van der Waals surface area contributed by atoms with Crippen LogP contribution in [0.3, 0.4) is 0 Å². The Bertz CT molecular complexity index is 1200. The first-order valence-electron chi connectivity index (χ1n) is 9.02. The fraction of sp³-hybridized carbons (Fsp3) is 0.200. The van der Waals surface area contributed by atoms with Gasteiger partial charge in [0.2, 0.25) is 0 Å². The first kappa shape index (κ1) is 19.4. The number of fused-ring (bicyclic) bond motifs is 1. The predicted octanol–water partition coefficient (Wildman–Crippen LogP) is 4.82. The van der Waals surface area contributed by atoms with Crippen molar-refractivity contribution in [3.05, 3.63) is 70.1 Å². The SMILES string of the molecule is CC(C)n1ncc2cc(C(=O)Nc3ccnn3Cc3ccc(Cl)cc3Cl)cnc21. The van der Waals surface area contributed by atoms with Crippen molar-refractivity contribution in [2.45, 2.75) is 26.4 Å². The number of carbonyl (C=O) groups excluding carboxylic acids is 1. The van der Waals surface area contributed by atoms with E-state index in [0.717, 1.165) is 16.6 Å². The molecule has 148 valence electrons. The molecule has 0 unspecified atom stereocenters. The van der Waals surface area contributed by atoms with E-state index in [1.807, 2.05) is 24.6 Å². The summed E-state index contributed by atoms with van der Waals surface area (Å²) in [7, 11) is 0. The monoisotopic (exact) mass is 428 g/mol. The van der Waals surface area contributed by atoms with Crippen LogP contribution in [0.5, 0.6) is 0 Å². The van der Waals surface area contributed by atoms with Crippen LogP contribution < -0.4 is 5.32 Å². The molecule has 4 rings (SSSR count). The molecule has 0 aliphatic carbocycles. The number of nitrogens with one attached hydrogen (secondary N) is 1. The Morgan fingerprint density at radius 1 is 1.14 bits per heavy atom. The van der Waals surface area contributed by atoms with Crippen molar-refractivity contribution in [1.82, 2.24) is 24.5 Å². The molecule has 3 heterocycles. The van der Waals surface area contributed by atoms with Crippen molar-refractivity contribution in [1.29, 1.82) is 0 Å². The molecule has 0 spiro atoms. The van der Waals surface area contributed by atoms with Crippen molar-refractivity contribution in [3.63, 3.8) is 0 Å². The van der Waals surface area contributed by atoms with Crippen molar-refractivity contribution >= 4 is 46.0 Å². The molecule has 0 saturated heterocycles. The highest BCUT2D eigenvalue weighted by Crippen LogP contribution is 2.23. The van der Waals surface area contributed by atoms with Gasteiger partial charge in [-0.2, -0.15) is 10.2 Å². The zero-order valence-electron chi connectivity index (χ0n) is 15.8. The average molecular weight is 429 g/mol. The van der Waals surface area contributed by atoms with E-state index in [0.29, 0.717) is 28.0 Å². The third-order valence-electron chi connectivity index (χ3n) is 4.48. The topological polar surface area (TPSA) is 77.6 Å². The van der Waals surface area contributed by atoms with E-state index in [-0.39, 0.29) is 11.9 Å². The van der Waals surface area contributed by atoms with Crippen molar-refractivity contribution < 1.29 is 4.79 Å². The molecule has 0 fully saturated rings. The van der Waals surface area contributed by atoms with E-state index < -0.39 is 0 Å². The smallest absolute Gasteiger partial charge is 0.258 e. The molecule has 0 saturated carbocycles. The van der Waals surface area contributed by atoms with Gasteiger partial charge in [-0.1, -0.05) is 29.3 Å². The minimum absolute atomic E-state index is 0.189. The third kappa shape index (κ3) is 3.97. The fourth-order valence-corrected chi connectivity index (χ4v) is 3.48. The predicted molar refractivity (Wildman–Crippen MR) is 114 cm³/mol. The maximum atomic E-state index is 12.7. The van der Waals surface area contributed by atoms with Gasteiger partial charge in [-0.3, -0.25) is 4.79 Å². The second kappa shape index (κ2) is 7.85. The number of pyridine rings is 1. The zero-order chi connectivity index (χ0) is 20.5. The first-order valence-corrected chi connectivity index (χ1v) is 9.78. The lowest BCUT2D eigenvalue weighted by molar-refractivity contribution is 0.102.